The Morgan fingerprint density at radius 1 is 1.39 bits per heavy atom. The average molecular weight is 325 g/mol. The van der Waals surface area contributed by atoms with Crippen LogP contribution in [0.15, 0.2) is 51.0 Å². The first-order valence-electron chi connectivity index (χ1n) is 6.64. The van der Waals surface area contributed by atoms with Gasteiger partial charge < -0.3 is 9.73 Å². The molecule has 2 heterocycles. The highest BCUT2D eigenvalue weighted by Gasteiger charge is 2.14. The van der Waals surface area contributed by atoms with Crippen molar-refractivity contribution in [2.45, 2.75) is 6.54 Å². The molecule has 3 rings (SSSR count). The van der Waals surface area contributed by atoms with Crippen molar-refractivity contribution in [3.63, 3.8) is 0 Å². The number of terminal acetylenes is 1. The van der Waals surface area contributed by atoms with Gasteiger partial charge in [-0.25, -0.2) is 4.79 Å². The summed E-state index contributed by atoms with van der Waals surface area (Å²) in [5.41, 5.74) is 1.21. The van der Waals surface area contributed by atoms with Crippen LogP contribution in [0.4, 0.5) is 5.69 Å². The minimum atomic E-state index is -0.680. The second-order valence-corrected chi connectivity index (χ2v) is 5.53. The van der Waals surface area contributed by atoms with Crippen LogP contribution in [-0.2, 0) is 11.3 Å². The Hall–Kier alpha value is -3.11. The van der Waals surface area contributed by atoms with E-state index in [9.17, 15) is 9.59 Å². The van der Waals surface area contributed by atoms with E-state index in [0.717, 1.165) is 9.56 Å². The molecule has 0 spiro atoms. The van der Waals surface area contributed by atoms with Gasteiger partial charge in [0.1, 0.15) is 6.54 Å². The third-order valence-electron chi connectivity index (χ3n) is 2.94. The lowest BCUT2D eigenvalue weighted by Crippen LogP contribution is -2.25. The molecule has 0 fully saturated rings. The molecule has 3 aromatic rings. The molecule has 0 aliphatic rings. The summed E-state index contributed by atoms with van der Waals surface area (Å²) in [5, 5.41) is 8.53. The number of aromatic nitrogens is 2. The lowest BCUT2D eigenvalue weighted by molar-refractivity contribution is -0.117. The minimum absolute atomic E-state index is 0.201. The van der Waals surface area contributed by atoms with Crippen LogP contribution in [0.25, 0.3) is 10.8 Å². The summed E-state index contributed by atoms with van der Waals surface area (Å²) >= 11 is 1.40. The fraction of sp³-hybridized carbons (Fsp3) is 0.0625. The van der Waals surface area contributed by atoms with Gasteiger partial charge in [0.2, 0.25) is 5.91 Å². The Bertz CT molecular complexity index is 932. The van der Waals surface area contributed by atoms with E-state index in [4.69, 9.17) is 10.8 Å². The summed E-state index contributed by atoms with van der Waals surface area (Å²) in [4.78, 5) is 24.5. The first-order valence-corrected chi connectivity index (χ1v) is 7.52. The van der Waals surface area contributed by atoms with Crippen LogP contribution in [0.1, 0.15) is 5.56 Å². The van der Waals surface area contributed by atoms with Crippen molar-refractivity contribution in [2.24, 2.45) is 0 Å². The Kier molecular flexibility index (Phi) is 4.08. The molecular formula is C16H11N3O3S. The number of benzene rings is 1. The molecule has 1 amide bonds. The van der Waals surface area contributed by atoms with E-state index in [2.05, 4.69) is 16.3 Å². The van der Waals surface area contributed by atoms with Crippen LogP contribution in [0, 0.1) is 12.3 Å². The SMILES string of the molecule is C#Cc1cccc(NC(=O)Cn2nc(-c3cccs3)oc2=O)c1. The Balaban J connectivity index is 1.73. The standard InChI is InChI=1S/C16H11N3O3S/c1-2-11-5-3-6-12(9-11)17-14(20)10-19-16(21)22-15(18-19)13-7-4-8-23-13/h1,3-9H,10H2,(H,17,20). The predicted molar refractivity (Wildman–Crippen MR) is 87.1 cm³/mol. The maximum atomic E-state index is 12.0. The first-order chi connectivity index (χ1) is 11.2. The molecule has 6 nitrogen and oxygen atoms in total. The molecular weight excluding hydrogens is 314 g/mol. The zero-order valence-electron chi connectivity index (χ0n) is 11.9. The second kappa shape index (κ2) is 6.34. The second-order valence-electron chi connectivity index (χ2n) is 4.58. The van der Waals surface area contributed by atoms with Crippen molar-refractivity contribution in [3.8, 4) is 23.1 Å². The fourth-order valence-corrected chi connectivity index (χ4v) is 2.57. The van der Waals surface area contributed by atoms with Crippen LogP contribution in [0.5, 0.6) is 0 Å². The third-order valence-corrected chi connectivity index (χ3v) is 3.80. The molecule has 0 atom stereocenters. The van der Waals surface area contributed by atoms with Crippen molar-refractivity contribution < 1.29 is 9.21 Å². The van der Waals surface area contributed by atoms with Crippen LogP contribution in [-0.4, -0.2) is 15.7 Å². The number of rotatable bonds is 4. The smallest absolute Gasteiger partial charge is 0.387 e. The number of hydrogen-bond donors (Lipinski definition) is 1. The molecule has 0 radical (unpaired) electrons. The lowest BCUT2D eigenvalue weighted by atomic mass is 10.2. The van der Waals surface area contributed by atoms with Gasteiger partial charge in [0.05, 0.1) is 4.88 Å². The fourth-order valence-electron chi connectivity index (χ4n) is 1.93. The van der Waals surface area contributed by atoms with Crippen LogP contribution in [0.2, 0.25) is 0 Å². The maximum Gasteiger partial charge on any atom is 0.437 e. The number of carbonyl (C=O) groups is 1. The zero-order valence-corrected chi connectivity index (χ0v) is 12.7. The van der Waals surface area contributed by atoms with Crippen LogP contribution in [0.3, 0.4) is 0 Å². The third kappa shape index (κ3) is 3.39. The van der Waals surface area contributed by atoms with Crippen molar-refractivity contribution in [2.75, 3.05) is 5.32 Å². The summed E-state index contributed by atoms with van der Waals surface area (Å²) in [5.74, 6) is 1.61. The van der Waals surface area contributed by atoms with Crippen LogP contribution < -0.4 is 11.1 Å². The maximum absolute atomic E-state index is 12.0. The largest absolute Gasteiger partial charge is 0.437 e. The highest BCUT2D eigenvalue weighted by molar-refractivity contribution is 7.13. The summed E-state index contributed by atoms with van der Waals surface area (Å²) in [6.45, 7) is -0.242. The van der Waals surface area contributed by atoms with E-state index in [1.165, 1.54) is 11.3 Å². The van der Waals surface area contributed by atoms with E-state index in [0.29, 0.717) is 11.3 Å². The van der Waals surface area contributed by atoms with Gasteiger partial charge in [-0.15, -0.1) is 22.9 Å². The highest BCUT2D eigenvalue weighted by atomic mass is 32.1. The van der Waals surface area contributed by atoms with Gasteiger partial charge in [0, 0.05) is 11.3 Å². The molecule has 7 heteroatoms. The molecule has 0 aliphatic heterocycles. The van der Waals surface area contributed by atoms with Crippen molar-refractivity contribution >= 4 is 22.9 Å². The van der Waals surface area contributed by atoms with Gasteiger partial charge >= 0.3 is 5.76 Å². The Morgan fingerprint density at radius 3 is 3.00 bits per heavy atom. The summed E-state index contributed by atoms with van der Waals surface area (Å²) < 4.78 is 6.03. The van der Waals surface area contributed by atoms with Crippen molar-refractivity contribution in [3.05, 3.63) is 57.9 Å². The Morgan fingerprint density at radius 2 is 2.26 bits per heavy atom. The monoisotopic (exact) mass is 325 g/mol. The first kappa shape index (κ1) is 14.8. The number of amides is 1. The van der Waals surface area contributed by atoms with Crippen molar-refractivity contribution in [1.29, 1.82) is 0 Å². The summed E-state index contributed by atoms with van der Waals surface area (Å²) in [7, 11) is 0. The number of thiophene rings is 1. The topological polar surface area (TPSA) is 77.1 Å². The normalized spacial score (nSPS) is 10.2. The average Bonchev–Trinajstić information content (AvgIpc) is 3.18. The van der Waals surface area contributed by atoms with Crippen LogP contribution >= 0.6 is 11.3 Å². The predicted octanol–water partition coefficient (Wildman–Crippen LogP) is 2.18. The number of nitrogens with zero attached hydrogens (tertiary/aromatic N) is 2. The quantitative estimate of drug-likeness (QED) is 0.746. The molecule has 2 aromatic heterocycles. The van der Waals surface area contributed by atoms with Gasteiger partial charge in [-0.1, -0.05) is 18.1 Å². The number of carbonyl (C=O) groups excluding carboxylic acids is 1. The molecule has 0 unspecified atom stereocenters. The molecule has 114 valence electrons. The molecule has 0 bridgehead atoms. The highest BCUT2D eigenvalue weighted by Crippen LogP contribution is 2.21. The molecule has 0 saturated heterocycles. The van der Waals surface area contributed by atoms with Gasteiger partial charge in [-0.2, -0.15) is 4.68 Å². The molecule has 1 aromatic carbocycles. The van der Waals surface area contributed by atoms with E-state index in [-0.39, 0.29) is 12.4 Å². The lowest BCUT2D eigenvalue weighted by Gasteiger charge is -2.04. The van der Waals surface area contributed by atoms with Gasteiger partial charge in [-0.05, 0) is 29.6 Å². The number of hydrogen-bond acceptors (Lipinski definition) is 5. The summed E-state index contributed by atoms with van der Waals surface area (Å²) in [6, 6.07) is 10.5. The van der Waals surface area contributed by atoms with E-state index < -0.39 is 11.7 Å². The minimum Gasteiger partial charge on any atom is -0.387 e. The molecule has 1 N–H and O–H groups in total. The van der Waals surface area contributed by atoms with Gasteiger partial charge in [-0.3, -0.25) is 4.79 Å². The molecule has 0 saturated carbocycles. The van der Waals surface area contributed by atoms with E-state index in [1.807, 2.05) is 11.4 Å². The Labute approximate surface area is 135 Å². The molecule has 0 aliphatic carbocycles. The van der Waals surface area contributed by atoms with Gasteiger partial charge in [0.15, 0.2) is 0 Å². The number of anilines is 1. The molecule has 23 heavy (non-hydrogen) atoms. The van der Waals surface area contributed by atoms with E-state index >= 15 is 0 Å². The summed E-state index contributed by atoms with van der Waals surface area (Å²) in [6.07, 6.45) is 5.31. The van der Waals surface area contributed by atoms with Gasteiger partial charge in [0.25, 0.3) is 5.89 Å². The zero-order chi connectivity index (χ0) is 16.2. The van der Waals surface area contributed by atoms with Crippen molar-refractivity contribution in [1.82, 2.24) is 9.78 Å². The van der Waals surface area contributed by atoms with E-state index in [1.54, 1.807) is 30.3 Å². The number of nitrogens with one attached hydrogen (secondary N) is 1.